The number of carbonyl (C=O) groups is 1. The molecule has 4 rings (SSSR count). The molecule has 2 aliphatic heterocycles. The number of fused-ring (bicyclic) bond motifs is 1. The molecule has 1 amide bonds. The summed E-state index contributed by atoms with van der Waals surface area (Å²) >= 11 is 0. The van der Waals surface area contributed by atoms with Gasteiger partial charge < -0.3 is 15.6 Å². The molecule has 26 heavy (non-hydrogen) atoms. The highest BCUT2D eigenvalue weighted by Crippen LogP contribution is 2.32. The number of nitrogens with one attached hydrogen (secondary N) is 3. The highest BCUT2D eigenvalue weighted by Gasteiger charge is 2.30. The molecule has 1 aromatic heterocycles. The SMILES string of the molecule is C=N/C(=C1/NC=NC1=NC)c1cc2c([nH]1)C(c1ccccc1)CNC2=O. The molecule has 1 atom stereocenters. The molecule has 2 aromatic rings. The number of aliphatic imine (C=N–C) groups is 3. The molecule has 3 N–H and O–H groups in total. The van der Waals surface area contributed by atoms with Crippen molar-refractivity contribution in [3.05, 3.63) is 64.6 Å². The van der Waals surface area contributed by atoms with E-state index in [0.29, 0.717) is 35.0 Å². The van der Waals surface area contributed by atoms with E-state index in [1.807, 2.05) is 24.3 Å². The van der Waals surface area contributed by atoms with Crippen LogP contribution in [0.4, 0.5) is 0 Å². The first-order chi connectivity index (χ1) is 12.7. The molecular formula is C19H18N6O. The van der Waals surface area contributed by atoms with Gasteiger partial charge in [0.1, 0.15) is 11.4 Å². The molecule has 1 aromatic carbocycles. The second-order valence-corrected chi connectivity index (χ2v) is 6.02. The van der Waals surface area contributed by atoms with E-state index < -0.39 is 0 Å². The van der Waals surface area contributed by atoms with Crippen molar-refractivity contribution in [3.8, 4) is 0 Å². The number of nitrogens with zero attached hydrogens (tertiary/aromatic N) is 3. The second-order valence-electron chi connectivity index (χ2n) is 6.02. The predicted octanol–water partition coefficient (Wildman–Crippen LogP) is 1.92. The van der Waals surface area contributed by atoms with Gasteiger partial charge in [0.25, 0.3) is 5.91 Å². The van der Waals surface area contributed by atoms with E-state index in [4.69, 9.17) is 0 Å². The Kier molecular flexibility index (Phi) is 3.96. The van der Waals surface area contributed by atoms with Gasteiger partial charge in [-0.25, -0.2) is 4.99 Å². The summed E-state index contributed by atoms with van der Waals surface area (Å²) in [5.41, 5.74) is 4.59. The first kappa shape index (κ1) is 16.0. The summed E-state index contributed by atoms with van der Waals surface area (Å²) in [4.78, 5) is 28.2. The van der Waals surface area contributed by atoms with Crippen molar-refractivity contribution in [2.24, 2.45) is 15.0 Å². The van der Waals surface area contributed by atoms with Crippen molar-refractivity contribution in [2.75, 3.05) is 13.6 Å². The number of benzene rings is 1. The summed E-state index contributed by atoms with van der Waals surface area (Å²) in [5.74, 6) is 0.507. The van der Waals surface area contributed by atoms with E-state index in [1.165, 1.54) is 0 Å². The zero-order valence-electron chi connectivity index (χ0n) is 14.3. The average molecular weight is 346 g/mol. The number of aromatic amines is 1. The lowest BCUT2D eigenvalue weighted by Gasteiger charge is -2.23. The van der Waals surface area contributed by atoms with Gasteiger partial charge in [-0.3, -0.25) is 14.8 Å². The fourth-order valence-electron chi connectivity index (χ4n) is 3.35. The van der Waals surface area contributed by atoms with Crippen molar-refractivity contribution >= 4 is 30.5 Å². The van der Waals surface area contributed by atoms with Crippen LogP contribution in [0.15, 0.2) is 57.1 Å². The fourth-order valence-corrected chi connectivity index (χ4v) is 3.35. The average Bonchev–Trinajstić information content (AvgIpc) is 3.31. The Bertz CT molecular complexity index is 967. The molecule has 0 bridgehead atoms. The Hall–Kier alpha value is -3.48. The monoisotopic (exact) mass is 346 g/mol. The van der Waals surface area contributed by atoms with Gasteiger partial charge in [-0.05, 0) is 18.3 Å². The molecule has 7 heteroatoms. The maximum atomic E-state index is 12.4. The van der Waals surface area contributed by atoms with Crippen LogP contribution in [-0.4, -0.2) is 43.4 Å². The van der Waals surface area contributed by atoms with Gasteiger partial charge in [0.05, 0.1) is 17.6 Å². The van der Waals surface area contributed by atoms with E-state index in [-0.39, 0.29) is 11.8 Å². The van der Waals surface area contributed by atoms with Gasteiger partial charge in [0.2, 0.25) is 0 Å². The summed E-state index contributed by atoms with van der Waals surface area (Å²) in [7, 11) is 1.67. The minimum atomic E-state index is -0.0943. The Morgan fingerprint density at radius 2 is 2.12 bits per heavy atom. The molecule has 0 aliphatic carbocycles. The lowest BCUT2D eigenvalue weighted by molar-refractivity contribution is 0.0942. The quantitative estimate of drug-likeness (QED) is 0.741. The molecular weight excluding hydrogens is 328 g/mol. The number of amidine groups is 1. The van der Waals surface area contributed by atoms with Gasteiger partial charge in [-0.1, -0.05) is 30.3 Å². The smallest absolute Gasteiger partial charge is 0.253 e. The van der Waals surface area contributed by atoms with Crippen molar-refractivity contribution in [1.29, 1.82) is 0 Å². The normalized spacial score (nSPS) is 22.0. The van der Waals surface area contributed by atoms with Crippen molar-refractivity contribution in [3.63, 3.8) is 0 Å². The molecule has 0 spiro atoms. The molecule has 0 fully saturated rings. The summed E-state index contributed by atoms with van der Waals surface area (Å²) < 4.78 is 0. The van der Waals surface area contributed by atoms with Crippen LogP contribution < -0.4 is 10.6 Å². The van der Waals surface area contributed by atoms with E-state index in [1.54, 1.807) is 13.4 Å². The standard InChI is InChI=1S/C19H18N6O/c1-20-16(17-18(21-2)24-10-23-17)14-8-12-15(25-14)13(9-22-19(12)26)11-6-4-3-5-7-11/h3-8,10,13,25H,1,9H2,2H3,(H,22,26)(H,21,23,24)/b17-16+. The van der Waals surface area contributed by atoms with Gasteiger partial charge in [0, 0.05) is 25.2 Å². The lowest BCUT2D eigenvalue weighted by atomic mass is 9.90. The van der Waals surface area contributed by atoms with Crippen LogP contribution >= 0.6 is 0 Å². The lowest BCUT2D eigenvalue weighted by Crippen LogP contribution is -2.35. The second kappa shape index (κ2) is 6.44. The maximum Gasteiger partial charge on any atom is 0.253 e. The van der Waals surface area contributed by atoms with Crippen LogP contribution in [0, 0.1) is 0 Å². The summed E-state index contributed by atoms with van der Waals surface area (Å²) in [6.45, 7) is 4.22. The largest absolute Gasteiger partial charge is 0.356 e. The number of aromatic nitrogens is 1. The predicted molar refractivity (Wildman–Crippen MR) is 103 cm³/mol. The summed E-state index contributed by atoms with van der Waals surface area (Å²) in [6, 6.07) is 11.9. The number of hydrogen-bond donors (Lipinski definition) is 3. The number of amides is 1. The van der Waals surface area contributed by atoms with E-state index in [2.05, 4.69) is 49.4 Å². The Balaban J connectivity index is 1.83. The number of rotatable bonds is 3. The minimum absolute atomic E-state index is 0.0563. The third-order valence-electron chi connectivity index (χ3n) is 4.59. The van der Waals surface area contributed by atoms with Gasteiger partial charge >= 0.3 is 0 Å². The highest BCUT2D eigenvalue weighted by molar-refractivity contribution is 6.13. The van der Waals surface area contributed by atoms with E-state index >= 15 is 0 Å². The number of carbonyl (C=O) groups excluding carboxylic acids is 1. The summed E-state index contributed by atoms with van der Waals surface area (Å²) in [5, 5.41) is 6.01. The molecule has 0 saturated carbocycles. The zero-order valence-corrected chi connectivity index (χ0v) is 14.3. The number of H-pyrrole nitrogens is 1. The molecule has 130 valence electrons. The molecule has 0 saturated heterocycles. The van der Waals surface area contributed by atoms with Gasteiger partial charge in [-0.15, -0.1) is 0 Å². The van der Waals surface area contributed by atoms with E-state index in [9.17, 15) is 4.79 Å². The maximum absolute atomic E-state index is 12.4. The first-order valence-electron chi connectivity index (χ1n) is 8.26. The zero-order chi connectivity index (χ0) is 18.1. The third kappa shape index (κ3) is 2.54. The van der Waals surface area contributed by atoms with Crippen LogP contribution in [0.2, 0.25) is 0 Å². The Morgan fingerprint density at radius 1 is 1.31 bits per heavy atom. The van der Waals surface area contributed by atoms with Crippen molar-refractivity contribution in [2.45, 2.75) is 5.92 Å². The van der Waals surface area contributed by atoms with Crippen molar-refractivity contribution < 1.29 is 4.79 Å². The van der Waals surface area contributed by atoms with Crippen LogP contribution in [0.1, 0.15) is 33.2 Å². The Labute approximate surface area is 150 Å². The van der Waals surface area contributed by atoms with Crippen LogP contribution in [0.5, 0.6) is 0 Å². The van der Waals surface area contributed by atoms with Crippen LogP contribution in [-0.2, 0) is 0 Å². The first-order valence-corrected chi connectivity index (χ1v) is 8.26. The molecule has 3 heterocycles. The Morgan fingerprint density at radius 3 is 2.85 bits per heavy atom. The molecule has 1 unspecified atom stereocenters. The molecule has 2 aliphatic rings. The summed E-state index contributed by atoms with van der Waals surface area (Å²) in [6.07, 6.45) is 1.56. The van der Waals surface area contributed by atoms with Crippen LogP contribution in [0.25, 0.3) is 5.70 Å². The fraction of sp³-hybridized carbons (Fsp3) is 0.158. The molecule has 7 nitrogen and oxygen atoms in total. The molecule has 0 radical (unpaired) electrons. The van der Waals surface area contributed by atoms with Gasteiger partial charge in [-0.2, -0.15) is 0 Å². The topological polar surface area (TPSA) is 94.0 Å². The number of hydrogen-bond acceptors (Lipinski definition) is 4. The highest BCUT2D eigenvalue weighted by atomic mass is 16.1. The van der Waals surface area contributed by atoms with Crippen LogP contribution in [0.3, 0.4) is 0 Å². The van der Waals surface area contributed by atoms with Crippen molar-refractivity contribution in [1.82, 2.24) is 15.6 Å². The third-order valence-corrected chi connectivity index (χ3v) is 4.59. The minimum Gasteiger partial charge on any atom is -0.356 e. The van der Waals surface area contributed by atoms with E-state index in [0.717, 1.165) is 11.3 Å². The van der Waals surface area contributed by atoms with Gasteiger partial charge in [0.15, 0.2) is 5.84 Å².